The molecule has 0 saturated carbocycles. The summed E-state index contributed by atoms with van der Waals surface area (Å²) in [7, 11) is -8.02. The Balaban J connectivity index is 2.08. The van der Waals surface area contributed by atoms with Gasteiger partial charge in [0, 0.05) is 11.1 Å². The first kappa shape index (κ1) is 18.6. The zero-order valence-electron chi connectivity index (χ0n) is 14.0. The molecule has 0 amide bonds. The van der Waals surface area contributed by atoms with E-state index in [2.05, 4.69) is 4.72 Å². The lowest BCUT2D eigenvalue weighted by atomic mass is 10.1. The van der Waals surface area contributed by atoms with Crippen LogP contribution in [0.2, 0.25) is 0 Å². The van der Waals surface area contributed by atoms with Crippen molar-refractivity contribution >= 4 is 25.8 Å². The Kier molecular flexibility index (Phi) is 4.41. The first-order valence-electron chi connectivity index (χ1n) is 7.79. The van der Waals surface area contributed by atoms with Crippen LogP contribution < -0.4 is 4.72 Å². The molecule has 1 atom stereocenters. The number of rotatable bonds is 5. The number of benzene rings is 2. The van der Waals surface area contributed by atoms with Crippen molar-refractivity contribution in [2.24, 2.45) is 5.92 Å². The number of carboxylic acid groups (broad SMARTS) is 1. The second-order valence-corrected chi connectivity index (χ2v) is 9.94. The number of sulfone groups is 1. The Labute approximate surface area is 151 Å². The van der Waals surface area contributed by atoms with E-state index in [-0.39, 0.29) is 14.7 Å². The molecule has 0 radical (unpaired) electrons. The summed E-state index contributed by atoms with van der Waals surface area (Å²) >= 11 is 0. The van der Waals surface area contributed by atoms with Gasteiger partial charge >= 0.3 is 5.97 Å². The van der Waals surface area contributed by atoms with Crippen molar-refractivity contribution in [2.75, 3.05) is 0 Å². The number of hydrogen-bond acceptors (Lipinski definition) is 5. The number of sulfonamides is 1. The van der Waals surface area contributed by atoms with Crippen LogP contribution in [0.5, 0.6) is 0 Å². The molecule has 0 aliphatic carbocycles. The summed E-state index contributed by atoms with van der Waals surface area (Å²) in [4.78, 5) is 11.0. The fraction of sp³-hybridized carbons (Fsp3) is 0.235. The van der Waals surface area contributed by atoms with Crippen LogP contribution in [0.4, 0.5) is 0 Å². The Morgan fingerprint density at radius 3 is 2.27 bits per heavy atom. The van der Waals surface area contributed by atoms with E-state index in [1.165, 1.54) is 18.2 Å². The minimum Gasteiger partial charge on any atom is -0.480 e. The molecule has 0 fully saturated rings. The molecule has 1 heterocycles. The summed E-state index contributed by atoms with van der Waals surface area (Å²) in [5.74, 6) is -1.78. The largest absolute Gasteiger partial charge is 0.480 e. The third kappa shape index (κ3) is 2.91. The molecule has 1 aliphatic rings. The SMILES string of the molecule is CC(C)[C@H](NS(=O)(=O)c1ccc2c(c1)S(=O)(=O)c1ccccc1-2)C(=O)O. The summed E-state index contributed by atoms with van der Waals surface area (Å²) in [5.41, 5.74) is 0.947. The van der Waals surface area contributed by atoms with Crippen LogP contribution in [0, 0.1) is 5.92 Å². The summed E-state index contributed by atoms with van der Waals surface area (Å²) in [6.45, 7) is 3.15. The molecule has 7 nitrogen and oxygen atoms in total. The van der Waals surface area contributed by atoms with Crippen LogP contribution in [0.15, 0.2) is 57.2 Å². The quantitative estimate of drug-likeness (QED) is 0.681. The second kappa shape index (κ2) is 6.19. The van der Waals surface area contributed by atoms with E-state index in [0.29, 0.717) is 11.1 Å². The minimum absolute atomic E-state index is 0.0991. The van der Waals surface area contributed by atoms with Gasteiger partial charge in [0.25, 0.3) is 0 Å². The van der Waals surface area contributed by atoms with Gasteiger partial charge in [-0.3, -0.25) is 4.79 Å². The first-order chi connectivity index (χ1) is 12.1. The normalized spacial score (nSPS) is 16.1. The summed E-state index contributed by atoms with van der Waals surface area (Å²) in [6, 6.07) is 8.89. The second-order valence-electron chi connectivity index (χ2n) is 6.34. The molecule has 1 aliphatic heterocycles. The summed E-state index contributed by atoms with van der Waals surface area (Å²) < 4.78 is 52.6. The number of aliphatic carboxylic acids is 1. The Morgan fingerprint density at radius 1 is 1.04 bits per heavy atom. The van der Waals surface area contributed by atoms with E-state index in [4.69, 9.17) is 0 Å². The number of carboxylic acids is 1. The Bertz CT molecular complexity index is 1100. The molecule has 26 heavy (non-hydrogen) atoms. The molecule has 0 bridgehead atoms. The lowest BCUT2D eigenvalue weighted by Crippen LogP contribution is -2.44. The molecule has 2 N–H and O–H groups in total. The molecule has 0 spiro atoms. The average Bonchev–Trinajstić information content (AvgIpc) is 2.80. The predicted octanol–water partition coefficient (Wildman–Crippen LogP) is 1.89. The van der Waals surface area contributed by atoms with Crippen molar-refractivity contribution in [3.05, 3.63) is 42.5 Å². The number of hydrogen-bond donors (Lipinski definition) is 2. The highest BCUT2D eigenvalue weighted by Crippen LogP contribution is 2.43. The molecule has 0 unspecified atom stereocenters. The maximum atomic E-state index is 12.7. The smallest absolute Gasteiger partial charge is 0.322 e. The van der Waals surface area contributed by atoms with Crippen molar-refractivity contribution < 1.29 is 26.7 Å². The van der Waals surface area contributed by atoms with Gasteiger partial charge < -0.3 is 5.11 Å². The van der Waals surface area contributed by atoms with Crippen molar-refractivity contribution in [1.82, 2.24) is 4.72 Å². The van der Waals surface area contributed by atoms with Crippen molar-refractivity contribution in [1.29, 1.82) is 0 Å². The van der Waals surface area contributed by atoms with Gasteiger partial charge in [-0.15, -0.1) is 0 Å². The van der Waals surface area contributed by atoms with Crippen LogP contribution >= 0.6 is 0 Å². The van der Waals surface area contributed by atoms with Gasteiger partial charge in [0.15, 0.2) is 0 Å². The van der Waals surface area contributed by atoms with Crippen LogP contribution in [-0.4, -0.2) is 34.0 Å². The Morgan fingerprint density at radius 2 is 1.65 bits per heavy atom. The summed E-state index contributed by atoms with van der Waals surface area (Å²) in [6.07, 6.45) is 0. The zero-order chi connectivity index (χ0) is 19.3. The lowest BCUT2D eigenvalue weighted by Gasteiger charge is -2.18. The van der Waals surface area contributed by atoms with Gasteiger partial charge in [0.2, 0.25) is 19.9 Å². The monoisotopic (exact) mass is 395 g/mol. The molecule has 2 aromatic carbocycles. The molecule has 2 aromatic rings. The standard InChI is InChI=1S/C17H17NO6S2/c1-10(2)16(17(19)20)18-26(23,24)11-7-8-13-12-5-3-4-6-14(12)25(21,22)15(13)9-11/h3-10,16,18H,1-2H3,(H,19,20)/t16-/m0/s1. The maximum Gasteiger partial charge on any atom is 0.322 e. The third-order valence-corrected chi connectivity index (χ3v) is 7.53. The summed E-state index contributed by atoms with van der Waals surface area (Å²) in [5, 5.41) is 9.19. The minimum atomic E-state index is -4.20. The van der Waals surface area contributed by atoms with Crippen LogP contribution in [0.3, 0.4) is 0 Å². The van der Waals surface area contributed by atoms with Gasteiger partial charge in [0.1, 0.15) is 6.04 Å². The van der Waals surface area contributed by atoms with Gasteiger partial charge in [-0.2, -0.15) is 4.72 Å². The van der Waals surface area contributed by atoms with E-state index in [1.54, 1.807) is 32.0 Å². The maximum absolute atomic E-state index is 12.7. The van der Waals surface area contributed by atoms with E-state index in [0.717, 1.165) is 6.07 Å². The highest BCUT2D eigenvalue weighted by atomic mass is 32.2. The average molecular weight is 395 g/mol. The van der Waals surface area contributed by atoms with Gasteiger partial charge in [-0.1, -0.05) is 38.1 Å². The van der Waals surface area contributed by atoms with E-state index in [9.17, 15) is 26.7 Å². The number of carbonyl (C=O) groups is 1. The molecule has 0 saturated heterocycles. The molecule has 9 heteroatoms. The van der Waals surface area contributed by atoms with Crippen molar-refractivity contribution in [3.63, 3.8) is 0 Å². The highest BCUT2D eigenvalue weighted by molar-refractivity contribution is 7.92. The molecule has 3 rings (SSSR count). The molecule has 0 aromatic heterocycles. The lowest BCUT2D eigenvalue weighted by molar-refractivity contribution is -0.140. The van der Waals surface area contributed by atoms with Crippen LogP contribution in [-0.2, 0) is 24.7 Å². The molecular weight excluding hydrogens is 378 g/mol. The highest BCUT2D eigenvalue weighted by Gasteiger charge is 2.35. The van der Waals surface area contributed by atoms with Crippen LogP contribution in [0.1, 0.15) is 13.8 Å². The topological polar surface area (TPSA) is 118 Å². The zero-order valence-corrected chi connectivity index (χ0v) is 15.6. The molecular formula is C17H17NO6S2. The van der Waals surface area contributed by atoms with E-state index >= 15 is 0 Å². The van der Waals surface area contributed by atoms with Gasteiger partial charge in [-0.25, -0.2) is 16.8 Å². The number of fused-ring (bicyclic) bond motifs is 3. The fourth-order valence-electron chi connectivity index (χ4n) is 2.86. The number of nitrogens with one attached hydrogen (secondary N) is 1. The van der Waals surface area contributed by atoms with E-state index in [1.807, 2.05) is 0 Å². The fourth-order valence-corrected chi connectivity index (χ4v) is 6.01. The van der Waals surface area contributed by atoms with Crippen molar-refractivity contribution in [3.8, 4) is 11.1 Å². The predicted molar refractivity (Wildman–Crippen MR) is 93.9 cm³/mol. The van der Waals surface area contributed by atoms with Gasteiger partial charge in [-0.05, 0) is 24.1 Å². The van der Waals surface area contributed by atoms with Gasteiger partial charge in [0.05, 0.1) is 14.7 Å². The van der Waals surface area contributed by atoms with Crippen molar-refractivity contribution in [2.45, 2.75) is 34.6 Å². The molecule has 138 valence electrons. The van der Waals surface area contributed by atoms with E-state index < -0.39 is 37.8 Å². The first-order valence-corrected chi connectivity index (χ1v) is 10.8. The third-order valence-electron chi connectivity index (χ3n) is 4.23. The van der Waals surface area contributed by atoms with Crippen LogP contribution in [0.25, 0.3) is 11.1 Å². The Hall–Kier alpha value is -2.23.